The molecule has 0 radical (unpaired) electrons. The van der Waals surface area contributed by atoms with E-state index in [1.807, 2.05) is 39.2 Å². The molecular formula is C10H13BrN2. The first-order valence-electron chi connectivity index (χ1n) is 4.08. The number of halogens is 1. The van der Waals surface area contributed by atoms with Gasteiger partial charge in [0.15, 0.2) is 0 Å². The molecule has 2 nitrogen and oxygen atoms in total. The molecule has 0 aliphatic heterocycles. The van der Waals surface area contributed by atoms with Crippen molar-refractivity contribution in [3.8, 4) is 0 Å². The normalized spacial score (nSPS) is 11.5. The van der Waals surface area contributed by atoms with Gasteiger partial charge >= 0.3 is 0 Å². The van der Waals surface area contributed by atoms with Crippen LogP contribution in [-0.2, 0) is 0 Å². The zero-order valence-corrected chi connectivity index (χ0v) is 9.67. The lowest BCUT2D eigenvalue weighted by molar-refractivity contribution is 0.438. The Morgan fingerprint density at radius 3 is 2.62 bits per heavy atom. The summed E-state index contributed by atoms with van der Waals surface area (Å²) < 4.78 is 1.08. The van der Waals surface area contributed by atoms with E-state index in [1.165, 1.54) is 0 Å². The molecular weight excluding hydrogens is 228 g/mol. The van der Waals surface area contributed by atoms with Gasteiger partial charge in [0.05, 0.1) is 5.71 Å². The van der Waals surface area contributed by atoms with E-state index in [1.54, 1.807) is 5.01 Å². The number of hydrogen-bond donors (Lipinski definition) is 0. The van der Waals surface area contributed by atoms with Crippen molar-refractivity contribution < 1.29 is 0 Å². The van der Waals surface area contributed by atoms with Crippen LogP contribution >= 0.6 is 15.9 Å². The summed E-state index contributed by atoms with van der Waals surface area (Å²) in [4.78, 5) is 0. The van der Waals surface area contributed by atoms with E-state index in [0.717, 1.165) is 15.7 Å². The molecule has 1 aromatic rings. The Kier molecular flexibility index (Phi) is 3.48. The van der Waals surface area contributed by atoms with E-state index >= 15 is 0 Å². The van der Waals surface area contributed by atoms with E-state index in [4.69, 9.17) is 0 Å². The van der Waals surface area contributed by atoms with Gasteiger partial charge in [-0.05, 0) is 24.6 Å². The predicted molar refractivity (Wildman–Crippen MR) is 60.0 cm³/mol. The van der Waals surface area contributed by atoms with Crippen LogP contribution in [0.2, 0.25) is 0 Å². The first kappa shape index (κ1) is 10.3. The average molecular weight is 241 g/mol. The van der Waals surface area contributed by atoms with Gasteiger partial charge in [0.25, 0.3) is 0 Å². The molecule has 70 valence electrons. The van der Waals surface area contributed by atoms with Crippen LogP contribution in [0.1, 0.15) is 12.5 Å². The van der Waals surface area contributed by atoms with Crippen LogP contribution < -0.4 is 0 Å². The van der Waals surface area contributed by atoms with Gasteiger partial charge in [-0.25, -0.2) is 0 Å². The van der Waals surface area contributed by atoms with Gasteiger partial charge < -0.3 is 5.01 Å². The van der Waals surface area contributed by atoms with Crippen LogP contribution in [0, 0.1) is 0 Å². The zero-order valence-electron chi connectivity index (χ0n) is 8.08. The Morgan fingerprint density at radius 2 is 2.08 bits per heavy atom. The molecule has 0 N–H and O–H groups in total. The molecule has 0 fully saturated rings. The highest BCUT2D eigenvalue weighted by Gasteiger charge is 1.97. The Bertz CT molecular complexity index is 318. The molecule has 0 aromatic heterocycles. The summed E-state index contributed by atoms with van der Waals surface area (Å²) in [6.07, 6.45) is 0. The van der Waals surface area contributed by atoms with Crippen LogP contribution in [0.15, 0.2) is 33.8 Å². The molecule has 1 rings (SSSR count). The molecule has 0 unspecified atom stereocenters. The smallest absolute Gasteiger partial charge is 0.0646 e. The first-order valence-corrected chi connectivity index (χ1v) is 4.87. The third-order valence-electron chi connectivity index (χ3n) is 1.59. The van der Waals surface area contributed by atoms with E-state index in [-0.39, 0.29) is 0 Å². The fraction of sp³-hybridized carbons (Fsp3) is 0.300. The highest BCUT2D eigenvalue weighted by molar-refractivity contribution is 9.10. The predicted octanol–water partition coefficient (Wildman–Crippen LogP) is 2.73. The SMILES string of the molecule is C/C(=N\N(C)C)c1cccc(Br)c1. The van der Waals surface area contributed by atoms with E-state index in [0.29, 0.717) is 0 Å². The highest BCUT2D eigenvalue weighted by atomic mass is 79.9. The Morgan fingerprint density at radius 1 is 1.38 bits per heavy atom. The number of hydrogen-bond acceptors (Lipinski definition) is 2. The molecule has 0 amide bonds. The van der Waals surface area contributed by atoms with Crippen LogP contribution in [0.5, 0.6) is 0 Å². The van der Waals surface area contributed by atoms with Crippen LogP contribution in [-0.4, -0.2) is 24.8 Å². The van der Waals surface area contributed by atoms with E-state index in [2.05, 4.69) is 27.1 Å². The van der Waals surface area contributed by atoms with Gasteiger partial charge in [0.2, 0.25) is 0 Å². The molecule has 0 atom stereocenters. The molecule has 0 bridgehead atoms. The van der Waals surface area contributed by atoms with Crippen LogP contribution in [0.25, 0.3) is 0 Å². The lowest BCUT2D eigenvalue weighted by Crippen LogP contribution is -2.07. The third-order valence-corrected chi connectivity index (χ3v) is 2.09. The Hall–Kier alpha value is -0.830. The second-order valence-electron chi connectivity index (χ2n) is 3.04. The number of hydrazone groups is 1. The summed E-state index contributed by atoms with van der Waals surface area (Å²) in [5.74, 6) is 0. The summed E-state index contributed by atoms with van der Waals surface area (Å²) in [7, 11) is 3.84. The van der Waals surface area contributed by atoms with Gasteiger partial charge in [-0.15, -0.1) is 0 Å². The Labute approximate surface area is 87.4 Å². The lowest BCUT2D eigenvalue weighted by Gasteiger charge is -2.07. The zero-order chi connectivity index (χ0) is 9.84. The first-order chi connectivity index (χ1) is 6.09. The molecule has 0 saturated heterocycles. The minimum absolute atomic E-state index is 1.02. The van der Waals surface area contributed by atoms with Crippen molar-refractivity contribution in [3.63, 3.8) is 0 Å². The topological polar surface area (TPSA) is 15.6 Å². The summed E-state index contributed by atoms with van der Waals surface area (Å²) in [6, 6.07) is 8.12. The average Bonchev–Trinajstić information content (AvgIpc) is 2.03. The second-order valence-corrected chi connectivity index (χ2v) is 3.96. The molecule has 1 aromatic carbocycles. The molecule has 0 aliphatic rings. The van der Waals surface area contributed by atoms with Gasteiger partial charge in [0, 0.05) is 18.6 Å². The van der Waals surface area contributed by atoms with Crippen molar-refractivity contribution >= 4 is 21.6 Å². The number of rotatable bonds is 2. The van der Waals surface area contributed by atoms with E-state index in [9.17, 15) is 0 Å². The monoisotopic (exact) mass is 240 g/mol. The summed E-state index contributed by atoms with van der Waals surface area (Å²) >= 11 is 3.43. The minimum atomic E-state index is 1.02. The number of benzene rings is 1. The molecule has 13 heavy (non-hydrogen) atoms. The standard InChI is InChI=1S/C10H13BrN2/c1-8(12-13(2)3)9-5-4-6-10(11)7-9/h4-7H,1-3H3/b12-8+. The van der Waals surface area contributed by atoms with Crippen LogP contribution in [0.4, 0.5) is 0 Å². The van der Waals surface area contributed by atoms with Crippen molar-refractivity contribution in [1.29, 1.82) is 0 Å². The summed E-state index contributed by atoms with van der Waals surface area (Å²) in [6.45, 7) is 2.00. The summed E-state index contributed by atoms with van der Waals surface area (Å²) in [5, 5.41) is 6.12. The van der Waals surface area contributed by atoms with Crippen molar-refractivity contribution in [2.45, 2.75) is 6.92 Å². The van der Waals surface area contributed by atoms with Crippen molar-refractivity contribution in [3.05, 3.63) is 34.3 Å². The van der Waals surface area contributed by atoms with Gasteiger partial charge in [-0.1, -0.05) is 28.1 Å². The molecule has 0 spiro atoms. The molecule has 0 aliphatic carbocycles. The van der Waals surface area contributed by atoms with Crippen LogP contribution in [0.3, 0.4) is 0 Å². The maximum atomic E-state index is 4.32. The number of nitrogens with zero attached hydrogens (tertiary/aromatic N) is 2. The highest BCUT2D eigenvalue weighted by Crippen LogP contribution is 2.12. The third kappa shape index (κ3) is 3.19. The molecule has 3 heteroatoms. The minimum Gasteiger partial charge on any atom is -0.303 e. The van der Waals surface area contributed by atoms with Crippen molar-refractivity contribution in [2.75, 3.05) is 14.1 Å². The molecule has 0 heterocycles. The lowest BCUT2D eigenvalue weighted by atomic mass is 10.1. The van der Waals surface area contributed by atoms with Gasteiger partial charge in [-0.2, -0.15) is 5.10 Å². The quantitative estimate of drug-likeness (QED) is 0.574. The maximum absolute atomic E-state index is 4.32. The fourth-order valence-electron chi connectivity index (χ4n) is 1.07. The largest absolute Gasteiger partial charge is 0.303 e. The van der Waals surface area contributed by atoms with E-state index < -0.39 is 0 Å². The van der Waals surface area contributed by atoms with Crippen molar-refractivity contribution in [2.24, 2.45) is 5.10 Å². The fourth-order valence-corrected chi connectivity index (χ4v) is 1.47. The Balaban J connectivity index is 2.95. The van der Waals surface area contributed by atoms with Crippen molar-refractivity contribution in [1.82, 2.24) is 5.01 Å². The maximum Gasteiger partial charge on any atom is 0.0646 e. The second kappa shape index (κ2) is 4.42. The van der Waals surface area contributed by atoms with Gasteiger partial charge in [0.1, 0.15) is 0 Å². The summed E-state index contributed by atoms with van der Waals surface area (Å²) in [5.41, 5.74) is 2.16. The molecule has 0 saturated carbocycles. The van der Waals surface area contributed by atoms with Gasteiger partial charge in [-0.3, -0.25) is 0 Å².